The Morgan fingerprint density at radius 2 is 1.35 bits per heavy atom. The maximum absolute atomic E-state index is 13.1. The number of aliphatic hydroxyl groups is 1. The molecule has 4 rings (SSSR count). The Morgan fingerprint density at radius 3 is 1.90 bits per heavy atom. The Balaban J connectivity index is 1.90. The minimum atomic E-state index is -0.695. The third kappa shape index (κ3) is 3.77. The largest absolute Gasteiger partial charge is 0.507 e. The average Bonchev–Trinajstić information content (AvgIpc) is 3.09. The number of aryl methyl sites for hydroxylation is 2. The van der Waals surface area contributed by atoms with E-state index in [2.05, 4.69) is 13.8 Å². The molecule has 3 aromatic rings. The van der Waals surface area contributed by atoms with Gasteiger partial charge in [-0.05, 0) is 41.7 Å². The lowest BCUT2D eigenvalue weighted by atomic mass is 9.94. The van der Waals surface area contributed by atoms with Gasteiger partial charge in [0.15, 0.2) is 0 Å². The smallest absolute Gasteiger partial charge is 0.300 e. The summed E-state index contributed by atoms with van der Waals surface area (Å²) in [5.74, 6) is -1.46. The Morgan fingerprint density at radius 1 is 0.806 bits per heavy atom. The summed E-state index contributed by atoms with van der Waals surface area (Å²) in [6.45, 7) is 4.13. The summed E-state index contributed by atoms with van der Waals surface area (Å²) in [7, 11) is 0. The molecule has 0 bridgehead atoms. The molecular formula is C27H25NO3. The van der Waals surface area contributed by atoms with Crippen LogP contribution >= 0.6 is 0 Å². The van der Waals surface area contributed by atoms with Crippen molar-refractivity contribution in [2.75, 3.05) is 4.90 Å². The SMILES string of the molecule is CCc1ccc(/C(O)=C2/C(=O)C(=O)N(c3ccccc3)C2c2ccc(CC)cc2)cc1. The topological polar surface area (TPSA) is 57.6 Å². The highest BCUT2D eigenvalue weighted by molar-refractivity contribution is 6.51. The summed E-state index contributed by atoms with van der Waals surface area (Å²) in [6, 6.07) is 23.7. The van der Waals surface area contributed by atoms with E-state index in [1.807, 2.05) is 54.6 Å². The summed E-state index contributed by atoms with van der Waals surface area (Å²) >= 11 is 0. The number of Topliss-reactive ketones (excluding diaryl/α,β-unsaturated/α-hetero) is 1. The van der Waals surface area contributed by atoms with Crippen molar-refractivity contribution in [3.8, 4) is 0 Å². The van der Waals surface area contributed by atoms with Gasteiger partial charge in [-0.1, -0.05) is 80.6 Å². The number of carbonyl (C=O) groups is 2. The number of benzene rings is 3. The first-order valence-corrected chi connectivity index (χ1v) is 10.6. The molecule has 1 aliphatic heterocycles. The van der Waals surface area contributed by atoms with E-state index in [0.29, 0.717) is 11.3 Å². The fourth-order valence-corrected chi connectivity index (χ4v) is 3.99. The van der Waals surface area contributed by atoms with E-state index in [0.717, 1.165) is 29.5 Å². The van der Waals surface area contributed by atoms with Crippen molar-refractivity contribution >= 4 is 23.1 Å². The molecule has 4 nitrogen and oxygen atoms in total. The summed E-state index contributed by atoms with van der Waals surface area (Å²) in [6.07, 6.45) is 1.77. The normalized spacial score (nSPS) is 17.9. The van der Waals surface area contributed by atoms with Crippen LogP contribution in [0.4, 0.5) is 5.69 Å². The monoisotopic (exact) mass is 411 g/mol. The van der Waals surface area contributed by atoms with Gasteiger partial charge in [-0.15, -0.1) is 0 Å². The Hall–Kier alpha value is -3.66. The zero-order valence-corrected chi connectivity index (χ0v) is 17.7. The van der Waals surface area contributed by atoms with Gasteiger partial charge in [0.25, 0.3) is 11.7 Å². The van der Waals surface area contributed by atoms with Crippen molar-refractivity contribution in [2.45, 2.75) is 32.7 Å². The number of nitrogens with zero attached hydrogens (tertiary/aromatic N) is 1. The summed E-state index contributed by atoms with van der Waals surface area (Å²) in [5.41, 5.74) is 4.34. The van der Waals surface area contributed by atoms with Crippen LogP contribution in [0.15, 0.2) is 84.4 Å². The number of hydrogen-bond acceptors (Lipinski definition) is 3. The molecule has 0 aromatic heterocycles. The van der Waals surface area contributed by atoms with Crippen LogP contribution in [-0.2, 0) is 22.4 Å². The average molecular weight is 412 g/mol. The van der Waals surface area contributed by atoms with Crippen LogP contribution in [0.2, 0.25) is 0 Å². The van der Waals surface area contributed by atoms with Gasteiger partial charge < -0.3 is 5.11 Å². The van der Waals surface area contributed by atoms with E-state index < -0.39 is 17.7 Å². The van der Waals surface area contributed by atoms with Gasteiger partial charge in [0.1, 0.15) is 5.76 Å². The standard InChI is InChI=1S/C27H25NO3/c1-3-18-10-14-20(15-11-18)24-23(25(29)21-16-12-19(4-2)13-17-21)26(30)27(31)28(24)22-8-6-5-7-9-22/h5-17,24,29H,3-4H2,1-2H3/b25-23-. The summed E-state index contributed by atoms with van der Waals surface area (Å²) in [5, 5.41) is 11.1. The van der Waals surface area contributed by atoms with E-state index in [9.17, 15) is 14.7 Å². The molecule has 0 saturated carbocycles. The number of amides is 1. The number of rotatable bonds is 5. The molecule has 0 aliphatic carbocycles. The van der Waals surface area contributed by atoms with Crippen molar-refractivity contribution in [1.29, 1.82) is 0 Å². The molecule has 1 heterocycles. The maximum Gasteiger partial charge on any atom is 0.300 e. The first-order valence-electron chi connectivity index (χ1n) is 10.6. The number of para-hydroxylation sites is 1. The molecule has 1 atom stereocenters. The Bertz CT molecular complexity index is 1130. The van der Waals surface area contributed by atoms with Gasteiger partial charge in [0.05, 0.1) is 11.6 Å². The molecule has 1 amide bonds. The van der Waals surface area contributed by atoms with Gasteiger partial charge >= 0.3 is 0 Å². The molecule has 1 unspecified atom stereocenters. The maximum atomic E-state index is 13.1. The third-order valence-corrected chi connectivity index (χ3v) is 5.82. The second-order valence-corrected chi connectivity index (χ2v) is 7.65. The summed E-state index contributed by atoms with van der Waals surface area (Å²) < 4.78 is 0. The predicted molar refractivity (Wildman–Crippen MR) is 123 cm³/mol. The van der Waals surface area contributed by atoms with Crippen LogP contribution in [0.3, 0.4) is 0 Å². The highest BCUT2D eigenvalue weighted by Gasteiger charge is 2.46. The molecule has 1 aliphatic rings. The van der Waals surface area contributed by atoms with Crippen LogP contribution in [0.5, 0.6) is 0 Å². The molecule has 0 radical (unpaired) electrons. The number of anilines is 1. The van der Waals surface area contributed by atoms with Crippen molar-refractivity contribution in [1.82, 2.24) is 0 Å². The van der Waals surface area contributed by atoms with E-state index in [1.54, 1.807) is 24.3 Å². The molecule has 0 spiro atoms. The molecule has 3 aromatic carbocycles. The van der Waals surface area contributed by atoms with Gasteiger partial charge in [0, 0.05) is 11.3 Å². The van der Waals surface area contributed by atoms with E-state index in [1.165, 1.54) is 4.90 Å². The highest BCUT2D eigenvalue weighted by Crippen LogP contribution is 2.42. The van der Waals surface area contributed by atoms with Crippen molar-refractivity contribution < 1.29 is 14.7 Å². The van der Waals surface area contributed by atoms with E-state index in [-0.39, 0.29) is 11.3 Å². The molecule has 156 valence electrons. The van der Waals surface area contributed by atoms with Gasteiger partial charge in [0.2, 0.25) is 0 Å². The zero-order valence-electron chi connectivity index (χ0n) is 17.7. The zero-order chi connectivity index (χ0) is 22.0. The minimum absolute atomic E-state index is 0.113. The van der Waals surface area contributed by atoms with E-state index in [4.69, 9.17) is 0 Å². The quantitative estimate of drug-likeness (QED) is 0.346. The number of ketones is 1. The lowest BCUT2D eigenvalue weighted by molar-refractivity contribution is -0.132. The summed E-state index contributed by atoms with van der Waals surface area (Å²) in [4.78, 5) is 27.7. The van der Waals surface area contributed by atoms with Crippen LogP contribution < -0.4 is 4.90 Å². The minimum Gasteiger partial charge on any atom is -0.507 e. The number of hydrogen-bond donors (Lipinski definition) is 1. The van der Waals surface area contributed by atoms with Crippen molar-refractivity contribution in [3.05, 3.63) is 107 Å². The fourth-order valence-electron chi connectivity index (χ4n) is 3.99. The first-order chi connectivity index (χ1) is 15.0. The predicted octanol–water partition coefficient (Wildman–Crippen LogP) is 5.44. The second kappa shape index (κ2) is 8.60. The van der Waals surface area contributed by atoms with Crippen LogP contribution in [-0.4, -0.2) is 16.8 Å². The van der Waals surface area contributed by atoms with Gasteiger partial charge in [-0.25, -0.2) is 0 Å². The van der Waals surface area contributed by atoms with Crippen molar-refractivity contribution in [3.63, 3.8) is 0 Å². The van der Waals surface area contributed by atoms with Crippen LogP contribution in [0.25, 0.3) is 5.76 Å². The molecular weight excluding hydrogens is 386 g/mol. The van der Waals surface area contributed by atoms with Crippen molar-refractivity contribution in [2.24, 2.45) is 0 Å². The number of carbonyl (C=O) groups excluding carboxylic acids is 2. The Labute approximate surface area is 182 Å². The third-order valence-electron chi connectivity index (χ3n) is 5.82. The lowest BCUT2D eigenvalue weighted by Gasteiger charge is -2.25. The molecule has 4 heteroatoms. The molecule has 1 saturated heterocycles. The fraction of sp³-hybridized carbons (Fsp3) is 0.185. The Kier molecular flexibility index (Phi) is 5.72. The van der Waals surface area contributed by atoms with Gasteiger partial charge in [-0.2, -0.15) is 0 Å². The van der Waals surface area contributed by atoms with Crippen LogP contribution in [0.1, 0.15) is 42.1 Å². The highest BCUT2D eigenvalue weighted by atomic mass is 16.3. The van der Waals surface area contributed by atoms with Gasteiger partial charge in [-0.3, -0.25) is 14.5 Å². The second-order valence-electron chi connectivity index (χ2n) is 7.65. The van der Waals surface area contributed by atoms with Crippen LogP contribution in [0, 0.1) is 0 Å². The van der Waals surface area contributed by atoms with E-state index >= 15 is 0 Å². The molecule has 1 fully saturated rings. The molecule has 1 N–H and O–H groups in total. The number of aliphatic hydroxyl groups excluding tert-OH is 1. The molecule has 31 heavy (non-hydrogen) atoms. The lowest BCUT2D eigenvalue weighted by Crippen LogP contribution is -2.29. The first kappa shape index (κ1) is 20.6.